The zero-order valence-electron chi connectivity index (χ0n) is 11.7. The van der Waals surface area contributed by atoms with Crippen molar-refractivity contribution < 1.29 is 13.9 Å². The molecular formula is C17H18FNO2. The third-order valence-corrected chi connectivity index (χ3v) is 3.50. The van der Waals surface area contributed by atoms with Crippen LogP contribution in [-0.2, 0) is 4.74 Å². The number of hydrogen-bond donors (Lipinski definition) is 1. The van der Waals surface area contributed by atoms with Crippen molar-refractivity contribution in [1.82, 2.24) is 5.32 Å². The molecule has 2 aromatic rings. The van der Waals surface area contributed by atoms with E-state index in [1.54, 1.807) is 12.1 Å². The van der Waals surface area contributed by atoms with Crippen molar-refractivity contribution >= 4 is 0 Å². The highest BCUT2D eigenvalue weighted by Crippen LogP contribution is 2.27. The van der Waals surface area contributed by atoms with Crippen LogP contribution in [-0.4, -0.2) is 25.8 Å². The average Bonchev–Trinajstić information content (AvgIpc) is 2.56. The molecule has 1 aliphatic heterocycles. The van der Waals surface area contributed by atoms with Gasteiger partial charge in [-0.15, -0.1) is 0 Å². The summed E-state index contributed by atoms with van der Waals surface area (Å²) in [5, 5.41) is 3.31. The molecule has 0 saturated carbocycles. The van der Waals surface area contributed by atoms with Gasteiger partial charge in [0.1, 0.15) is 17.7 Å². The highest BCUT2D eigenvalue weighted by Gasteiger charge is 2.27. The van der Waals surface area contributed by atoms with Gasteiger partial charge in [-0.05, 0) is 29.8 Å². The number of rotatable bonds is 4. The number of ether oxygens (including phenoxy) is 2. The topological polar surface area (TPSA) is 30.5 Å². The summed E-state index contributed by atoms with van der Waals surface area (Å²) in [5.74, 6) is 0.369. The number of benzene rings is 2. The van der Waals surface area contributed by atoms with Gasteiger partial charge in [-0.2, -0.15) is 0 Å². The molecule has 1 saturated heterocycles. The van der Waals surface area contributed by atoms with Gasteiger partial charge in [-0.25, -0.2) is 4.39 Å². The third kappa shape index (κ3) is 3.60. The van der Waals surface area contributed by atoms with Crippen LogP contribution in [0.4, 0.5) is 4.39 Å². The fourth-order valence-electron chi connectivity index (χ4n) is 2.44. The van der Waals surface area contributed by atoms with Crippen LogP contribution in [0.25, 0.3) is 0 Å². The summed E-state index contributed by atoms with van der Waals surface area (Å²) in [6.07, 6.45) is -0.282. The molecule has 3 rings (SSSR count). The lowest BCUT2D eigenvalue weighted by atomic mass is 10.0. The Bertz CT molecular complexity index is 553. The van der Waals surface area contributed by atoms with E-state index < -0.39 is 0 Å². The zero-order chi connectivity index (χ0) is 14.5. The quantitative estimate of drug-likeness (QED) is 0.938. The molecular weight excluding hydrogens is 269 g/mol. The fourth-order valence-corrected chi connectivity index (χ4v) is 2.44. The summed E-state index contributed by atoms with van der Waals surface area (Å²) in [7, 11) is 0. The van der Waals surface area contributed by atoms with Gasteiger partial charge < -0.3 is 14.8 Å². The first-order chi connectivity index (χ1) is 10.3. The van der Waals surface area contributed by atoms with Crippen molar-refractivity contribution in [3.63, 3.8) is 0 Å². The van der Waals surface area contributed by atoms with Crippen LogP contribution in [0.15, 0.2) is 54.6 Å². The predicted molar refractivity (Wildman–Crippen MR) is 78.8 cm³/mol. The molecule has 0 bridgehead atoms. The minimum absolute atomic E-state index is 0.0637. The molecule has 0 aromatic heterocycles. The maximum atomic E-state index is 13.0. The summed E-state index contributed by atoms with van der Waals surface area (Å²) < 4.78 is 24.9. The molecule has 0 aliphatic carbocycles. The van der Waals surface area contributed by atoms with E-state index in [4.69, 9.17) is 9.47 Å². The van der Waals surface area contributed by atoms with Gasteiger partial charge in [-0.1, -0.05) is 30.3 Å². The lowest BCUT2D eigenvalue weighted by Gasteiger charge is -2.31. The first-order valence-corrected chi connectivity index (χ1v) is 7.12. The summed E-state index contributed by atoms with van der Waals surface area (Å²) in [4.78, 5) is 0. The maximum absolute atomic E-state index is 13.0. The second-order valence-corrected chi connectivity index (χ2v) is 5.02. The highest BCUT2D eigenvalue weighted by molar-refractivity contribution is 5.26. The van der Waals surface area contributed by atoms with Gasteiger partial charge in [-0.3, -0.25) is 0 Å². The molecule has 21 heavy (non-hydrogen) atoms. The molecule has 2 atom stereocenters. The fraction of sp³-hybridized carbons (Fsp3) is 0.294. The standard InChI is InChI=1S/C17H18FNO2/c18-14-6-8-15(9-7-14)21-17(13-4-2-1-3-5-13)16-12-19-10-11-20-16/h1-9,16-17,19H,10-12H2/t16-,17-/m0/s1. The zero-order valence-corrected chi connectivity index (χ0v) is 11.7. The van der Waals surface area contributed by atoms with Crippen molar-refractivity contribution in [3.05, 3.63) is 66.0 Å². The van der Waals surface area contributed by atoms with E-state index in [2.05, 4.69) is 5.32 Å². The van der Waals surface area contributed by atoms with Crippen LogP contribution < -0.4 is 10.1 Å². The van der Waals surface area contributed by atoms with E-state index in [1.165, 1.54) is 12.1 Å². The Labute approximate surface area is 123 Å². The van der Waals surface area contributed by atoms with Crippen LogP contribution in [0.2, 0.25) is 0 Å². The van der Waals surface area contributed by atoms with E-state index in [0.29, 0.717) is 12.4 Å². The van der Waals surface area contributed by atoms with E-state index in [1.807, 2.05) is 30.3 Å². The molecule has 0 spiro atoms. The number of hydrogen-bond acceptors (Lipinski definition) is 3. The molecule has 4 heteroatoms. The second-order valence-electron chi connectivity index (χ2n) is 5.02. The number of morpholine rings is 1. The van der Waals surface area contributed by atoms with Gasteiger partial charge in [0.05, 0.1) is 6.61 Å². The molecule has 0 radical (unpaired) electrons. The predicted octanol–water partition coefficient (Wildman–Crippen LogP) is 2.93. The SMILES string of the molecule is Fc1ccc(O[C@@H](c2ccccc2)[C@@H]2CNCCO2)cc1. The average molecular weight is 287 g/mol. The van der Waals surface area contributed by atoms with Crippen LogP contribution in [0, 0.1) is 5.82 Å². The second kappa shape index (κ2) is 6.70. The summed E-state index contributed by atoms with van der Waals surface area (Å²) in [6.45, 7) is 2.26. The van der Waals surface area contributed by atoms with Crippen molar-refractivity contribution in [2.75, 3.05) is 19.7 Å². The van der Waals surface area contributed by atoms with Gasteiger partial charge in [0.2, 0.25) is 0 Å². The third-order valence-electron chi connectivity index (χ3n) is 3.50. The Hall–Kier alpha value is -1.91. The maximum Gasteiger partial charge on any atom is 0.151 e. The molecule has 1 aliphatic rings. The Morgan fingerprint density at radius 1 is 1.10 bits per heavy atom. The van der Waals surface area contributed by atoms with Crippen molar-refractivity contribution in [1.29, 1.82) is 0 Å². The molecule has 1 heterocycles. The Morgan fingerprint density at radius 3 is 2.52 bits per heavy atom. The molecule has 0 unspecified atom stereocenters. The summed E-state index contributed by atoms with van der Waals surface area (Å²) >= 11 is 0. The van der Waals surface area contributed by atoms with E-state index in [0.717, 1.165) is 18.7 Å². The van der Waals surface area contributed by atoms with Gasteiger partial charge in [0.15, 0.2) is 6.10 Å². The minimum atomic E-state index is -0.269. The summed E-state index contributed by atoms with van der Waals surface area (Å²) in [6, 6.07) is 16.0. The van der Waals surface area contributed by atoms with Crippen molar-refractivity contribution in [2.24, 2.45) is 0 Å². The first kappa shape index (κ1) is 14.0. The Balaban J connectivity index is 1.83. The van der Waals surface area contributed by atoms with Gasteiger partial charge in [0, 0.05) is 13.1 Å². The number of halogens is 1. The first-order valence-electron chi connectivity index (χ1n) is 7.12. The molecule has 1 N–H and O–H groups in total. The van der Waals surface area contributed by atoms with E-state index >= 15 is 0 Å². The smallest absolute Gasteiger partial charge is 0.151 e. The monoisotopic (exact) mass is 287 g/mol. The largest absolute Gasteiger partial charge is 0.483 e. The Kier molecular flexibility index (Phi) is 4.48. The molecule has 2 aromatic carbocycles. The van der Waals surface area contributed by atoms with Crippen LogP contribution in [0.5, 0.6) is 5.75 Å². The van der Waals surface area contributed by atoms with Crippen LogP contribution in [0.3, 0.4) is 0 Å². The highest BCUT2D eigenvalue weighted by atomic mass is 19.1. The minimum Gasteiger partial charge on any atom is -0.483 e. The molecule has 1 fully saturated rings. The van der Waals surface area contributed by atoms with Gasteiger partial charge >= 0.3 is 0 Å². The molecule has 3 nitrogen and oxygen atoms in total. The number of nitrogens with one attached hydrogen (secondary N) is 1. The Morgan fingerprint density at radius 2 is 1.86 bits per heavy atom. The van der Waals surface area contributed by atoms with Crippen LogP contribution >= 0.6 is 0 Å². The molecule has 110 valence electrons. The molecule has 0 amide bonds. The lowest BCUT2D eigenvalue weighted by molar-refractivity contribution is -0.0432. The van der Waals surface area contributed by atoms with E-state index in [9.17, 15) is 4.39 Å². The van der Waals surface area contributed by atoms with Crippen LogP contribution in [0.1, 0.15) is 11.7 Å². The lowest BCUT2D eigenvalue weighted by Crippen LogP contribution is -2.43. The normalized spacial score (nSPS) is 20.0. The van der Waals surface area contributed by atoms with Gasteiger partial charge in [0.25, 0.3) is 0 Å². The summed E-state index contributed by atoms with van der Waals surface area (Å²) in [5.41, 5.74) is 1.05. The van der Waals surface area contributed by atoms with Crippen molar-refractivity contribution in [3.8, 4) is 5.75 Å². The van der Waals surface area contributed by atoms with Crippen molar-refractivity contribution in [2.45, 2.75) is 12.2 Å². The van der Waals surface area contributed by atoms with E-state index in [-0.39, 0.29) is 18.0 Å².